The first kappa shape index (κ1) is 12.6. The zero-order chi connectivity index (χ0) is 14.1. The van der Waals surface area contributed by atoms with E-state index in [4.69, 9.17) is 17.3 Å². The maximum atomic E-state index is 13.7. The summed E-state index contributed by atoms with van der Waals surface area (Å²) in [6, 6.07) is 11.5. The van der Waals surface area contributed by atoms with Gasteiger partial charge in [0.05, 0.1) is 16.7 Å². The Bertz CT molecular complexity index is 791. The van der Waals surface area contributed by atoms with E-state index < -0.39 is 5.82 Å². The molecule has 0 amide bonds. The molecule has 0 aliphatic carbocycles. The molecule has 0 saturated heterocycles. The molecule has 100 valence electrons. The second-order valence-electron chi connectivity index (χ2n) is 4.20. The van der Waals surface area contributed by atoms with Gasteiger partial charge in [0.1, 0.15) is 5.82 Å². The number of hydrogen-bond acceptors (Lipinski definition) is 4. The molecule has 0 unspecified atom stereocenters. The fraction of sp³-hybridized carbons (Fsp3) is 0. The summed E-state index contributed by atoms with van der Waals surface area (Å²) >= 11 is 5.84. The van der Waals surface area contributed by atoms with Gasteiger partial charge in [-0.3, -0.25) is 0 Å². The number of halogens is 2. The average Bonchev–Trinajstić information content (AvgIpc) is 2.43. The van der Waals surface area contributed by atoms with Crippen molar-refractivity contribution < 1.29 is 4.39 Å². The lowest BCUT2D eigenvalue weighted by Gasteiger charge is -2.10. The molecule has 0 atom stereocenters. The highest BCUT2D eigenvalue weighted by atomic mass is 35.5. The van der Waals surface area contributed by atoms with E-state index in [1.165, 1.54) is 18.2 Å². The second-order valence-corrected chi connectivity index (χ2v) is 4.63. The molecule has 0 aliphatic heterocycles. The number of anilines is 3. The SMILES string of the molecule is Nc1nc2ccccc2nc1Nc1cc(Cl)ccc1F. The molecule has 0 bridgehead atoms. The third kappa shape index (κ3) is 2.35. The van der Waals surface area contributed by atoms with Crippen LogP contribution in [0.15, 0.2) is 42.5 Å². The number of nitrogens with two attached hydrogens (primary N) is 1. The molecule has 3 rings (SSSR count). The van der Waals surface area contributed by atoms with Crippen LogP contribution in [0.3, 0.4) is 0 Å². The van der Waals surface area contributed by atoms with Crippen LogP contribution in [0.2, 0.25) is 5.02 Å². The van der Waals surface area contributed by atoms with Gasteiger partial charge in [0.25, 0.3) is 0 Å². The van der Waals surface area contributed by atoms with Crippen molar-refractivity contribution in [2.75, 3.05) is 11.1 Å². The molecule has 1 heterocycles. The number of rotatable bonds is 2. The van der Waals surface area contributed by atoms with Crippen molar-refractivity contribution in [3.63, 3.8) is 0 Å². The van der Waals surface area contributed by atoms with Crippen LogP contribution in [0.25, 0.3) is 11.0 Å². The van der Waals surface area contributed by atoms with Crippen molar-refractivity contribution in [1.29, 1.82) is 0 Å². The lowest BCUT2D eigenvalue weighted by atomic mass is 10.3. The highest BCUT2D eigenvalue weighted by Crippen LogP contribution is 2.26. The Morgan fingerprint density at radius 1 is 1.05 bits per heavy atom. The molecule has 0 spiro atoms. The molecule has 20 heavy (non-hydrogen) atoms. The summed E-state index contributed by atoms with van der Waals surface area (Å²) in [5.74, 6) is 0.0525. The summed E-state index contributed by atoms with van der Waals surface area (Å²) in [4.78, 5) is 8.55. The fourth-order valence-electron chi connectivity index (χ4n) is 1.83. The predicted octanol–water partition coefficient (Wildman–Crippen LogP) is 3.75. The van der Waals surface area contributed by atoms with E-state index in [0.29, 0.717) is 21.9 Å². The summed E-state index contributed by atoms with van der Waals surface area (Å²) in [6.07, 6.45) is 0. The van der Waals surface area contributed by atoms with E-state index in [1.54, 1.807) is 6.07 Å². The highest BCUT2D eigenvalue weighted by Gasteiger charge is 2.09. The highest BCUT2D eigenvalue weighted by molar-refractivity contribution is 6.30. The topological polar surface area (TPSA) is 63.8 Å². The van der Waals surface area contributed by atoms with Crippen molar-refractivity contribution >= 4 is 40.0 Å². The Morgan fingerprint density at radius 3 is 2.50 bits per heavy atom. The standard InChI is InChI=1S/C14H10ClFN4/c15-8-5-6-9(16)12(7-8)20-14-13(17)18-10-3-1-2-4-11(10)19-14/h1-7H,(H2,17,18)(H,19,20). The lowest BCUT2D eigenvalue weighted by Crippen LogP contribution is -2.03. The number of benzene rings is 2. The Hall–Kier alpha value is -2.40. The van der Waals surface area contributed by atoms with Gasteiger partial charge in [-0.2, -0.15) is 0 Å². The second kappa shape index (κ2) is 4.94. The summed E-state index contributed by atoms with van der Waals surface area (Å²) in [7, 11) is 0. The number of hydrogen-bond donors (Lipinski definition) is 2. The van der Waals surface area contributed by atoms with E-state index >= 15 is 0 Å². The summed E-state index contributed by atoms with van der Waals surface area (Å²) < 4.78 is 13.7. The van der Waals surface area contributed by atoms with E-state index in [-0.39, 0.29) is 11.5 Å². The van der Waals surface area contributed by atoms with Gasteiger partial charge in [-0.15, -0.1) is 0 Å². The number of para-hydroxylation sites is 2. The van der Waals surface area contributed by atoms with Gasteiger partial charge >= 0.3 is 0 Å². The Balaban J connectivity index is 2.06. The molecule has 3 N–H and O–H groups in total. The Labute approximate surface area is 119 Å². The molecule has 4 nitrogen and oxygen atoms in total. The minimum atomic E-state index is -0.441. The van der Waals surface area contributed by atoms with Crippen molar-refractivity contribution in [1.82, 2.24) is 9.97 Å². The molecule has 0 aliphatic rings. The quantitative estimate of drug-likeness (QED) is 0.754. The van der Waals surface area contributed by atoms with Crippen LogP contribution >= 0.6 is 11.6 Å². The largest absolute Gasteiger partial charge is 0.381 e. The predicted molar refractivity (Wildman–Crippen MR) is 78.6 cm³/mol. The van der Waals surface area contributed by atoms with Crippen LogP contribution in [0.1, 0.15) is 0 Å². The third-order valence-electron chi connectivity index (χ3n) is 2.78. The van der Waals surface area contributed by atoms with Gasteiger partial charge in [0.15, 0.2) is 11.6 Å². The maximum Gasteiger partial charge on any atom is 0.174 e. The van der Waals surface area contributed by atoms with E-state index in [1.807, 2.05) is 18.2 Å². The first-order valence-electron chi connectivity index (χ1n) is 5.88. The first-order chi connectivity index (χ1) is 9.63. The minimum absolute atomic E-state index is 0.197. The van der Waals surface area contributed by atoms with Crippen LogP contribution in [0.4, 0.5) is 21.7 Å². The maximum absolute atomic E-state index is 13.7. The average molecular weight is 289 g/mol. The van der Waals surface area contributed by atoms with E-state index in [9.17, 15) is 4.39 Å². The molecule has 3 aromatic rings. The van der Waals surface area contributed by atoms with Crippen LogP contribution < -0.4 is 11.1 Å². The van der Waals surface area contributed by atoms with Crippen molar-refractivity contribution in [2.24, 2.45) is 0 Å². The third-order valence-corrected chi connectivity index (χ3v) is 3.01. The number of nitrogens with one attached hydrogen (secondary N) is 1. The number of aromatic nitrogens is 2. The van der Waals surface area contributed by atoms with Gasteiger partial charge in [-0.1, -0.05) is 23.7 Å². The van der Waals surface area contributed by atoms with Crippen molar-refractivity contribution in [2.45, 2.75) is 0 Å². The molecule has 0 fully saturated rings. The summed E-state index contributed by atoms with van der Waals surface area (Å²) in [5.41, 5.74) is 7.39. The summed E-state index contributed by atoms with van der Waals surface area (Å²) in [6.45, 7) is 0. The lowest BCUT2D eigenvalue weighted by molar-refractivity contribution is 0.632. The smallest absolute Gasteiger partial charge is 0.174 e. The minimum Gasteiger partial charge on any atom is -0.381 e. The normalized spacial score (nSPS) is 10.7. The Morgan fingerprint density at radius 2 is 1.75 bits per heavy atom. The molecular formula is C14H10ClFN4. The summed E-state index contributed by atoms with van der Waals surface area (Å²) in [5, 5.41) is 3.23. The first-order valence-corrected chi connectivity index (χ1v) is 6.25. The zero-order valence-corrected chi connectivity index (χ0v) is 11.0. The molecule has 0 radical (unpaired) electrons. The zero-order valence-electron chi connectivity index (χ0n) is 10.3. The fourth-order valence-corrected chi connectivity index (χ4v) is 2.00. The molecule has 1 aromatic heterocycles. The molecule has 2 aromatic carbocycles. The number of fused-ring (bicyclic) bond motifs is 1. The number of nitrogen functional groups attached to an aromatic ring is 1. The van der Waals surface area contributed by atoms with Gasteiger partial charge in [0, 0.05) is 5.02 Å². The van der Waals surface area contributed by atoms with Crippen LogP contribution in [0, 0.1) is 5.82 Å². The molecular weight excluding hydrogens is 279 g/mol. The Kier molecular flexibility index (Phi) is 3.12. The van der Waals surface area contributed by atoms with Gasteiger partial charge < -0.3 is 11.1 Å². The molecule has 0 saturated carbocycles. The van der Waals surface area contributed by atoms with Crippen molar-refractivity contribution in [3.05, 3.63) is 53.3 Å². The van der Waals surface area contributed by atoms with Crippen molar-refractivity contribution in [3.8, 4) is 0 Å². The van der Waals surface area contributed by atoms with Crippen LogP contribution in [-0.2, 0) is 0 Å². The van der Waals surface area contributed by atoms with E-state index in [0.717, 1.165) is 0 Å². The van der Waals surface area contributed by atoms with Gasteiger partial charge in [-0.25, -0.2) is 14.4 Å². The molecule has 6 heteroatoms. The monoisotopic (exact) mass is 288 g/mol. The van der Waals surface area contributed by atoms with Crippen LogP contribution in [-0.4, -0.2) is 9.97 Å². The van der Waals surface area contributed by atoms with Gasteiger partial charge in [-0.05, 0) is 30.3 Å². The van der Waals surface area contributed by atoms with Crippen LogP contribution in [0.5, 0.6) is 0 Å². The van der Waals surface area contributed by atoms with Gasteiger partial charge in [0.2, 0.25) is 0 Å². The number of nitrogens with zero attached hydrogens (tertiary/aromatic N) is 2. The van der Waals surface area contributed by atoms with E-state index in [2.05, 4.69) is 15.3 Å².